The van der Waals surface area contributed by atoms with Crippen molar-refractivity contribution in [2.24, 2.45) is 0 Å². The highest BCUT2D eigenvalue weighted by Gasteiger charge is 2.30. The van der Waals surface area contributed by atoms with Gasteiger partial charge in [-0.05, 0) is 56.2 Å². The van der Waals surface area contributed by atoms with Crippen molar-refractivity contribution in [3.05, 3.63) is 94.8 Å². The highest BCUT2D eigenvalue weighted by atomic mass is 19.1. The number of carbonyl (C=O) groups is 2. The predicted octanol–water partition coefficient (Wildman–Crippen LogP) is 4.94. The summed E-state index contributed by atoms with van der Waals surface area (Å²) < 4.78 is 28.0. The van der Waals surface area contributed by atoms with Crippen molar-refractivity contribution in [2.75, 3.05) is 18.4 Å². The monoisotopic (exact) mass is 435 g/mol. The van der Waals surface area contributed by atoms with Gasteiger partial charge < -0.3 is 10.2 Å². The van der Waals surface area contributed by atoms with Crippen LogP contribution in [0.2, 0.25) is 0 Å². The average molecular weight is 435 g/mol. The van der Waals surface area contributed by atoms with Gasteiger partial charge in [0.1, 0.15) is 17.2 Å². The van der Waals surface area contributed by atoms with E-state index < -0.39 is 23.1 Å². The molecule has 164 valence electrons. The van der Waals surface area contributed by atoms with Crippen molar-refractivity contribution in [1.29, 1.82) is 0 Å². The standard InChI is InChI=1S/C25H23F2N3O2/c1-16-10-11-19(24(31)29-18-6-3-2-4-7-18)23(28-16)17-12-14-30(15-13-17)25(32)22-20(26)8-5-9-21(22)27/h2-11,17H,12-15H2,1H3,(H,29,31). The average Bonchev–Trinajstić information content (AvgIpc) is 2.79. The van der Waals surface area contributed by atoms with E-state index in [1.165, 1.54) is 11.0 Å². The van der Waals surface area contributed by atoms with Crippen LogP contribution >= 0.6 is 0 Å². The number of likely N-dealkylation sites (tertiary alicyclic amines) is 1. The molecule has 1 N–H and O–H groups in total. The second-order valence-corrected chi connectivity index (χ2v) is 7.87. The molecule has 0 radical (unpaired) electrons. The normalized spacial score (nSPS) is 14.3. The SMILES string of the molecule is Cc1ccc(C(=O)Nc2ccccc2)c(C2CCN(C(=O)c3c(F)cccc3F)CC2)n1. The molecule has 0 bridgehead atoms. The van der Waals surface area contributed by atoms with Crippen LogP contribution in [0.15, 0.2) is 60.7 Å². The Hall–Kier alpha value is -3.61. The van der Waals surface area contributed by atoms with Gasteiger partial charge in [0.2, 0.25) is 0 Å². The van der Waals surface area contributed by atoms with Crippen molar-refractivity contribution >= 4 is 17.5 Å². The molecule has 2 amide bonds. The number of pyridine rings is 1. The van der Waals surface area contributed by atoms with Crippen molar-refractivity contribution in [1.82, 2.24) is 9.88 Å². The van der Waals surface area contributed by atoms with Gasteiger partial charge >= 0.3 is 0 Å². The van der Waals surface area contributed by atoms with Crippen LogP contribution in [0.5, 0.6) is 0 Å². The summed E-state index contributed by atoms with van der Waals surface area (Å²) in [5.41, 5.74) is 2.13. The van der Waals surface area contributed by atoms with Crippen LogP contribution < -0.4 is 5.32 Å². The molecule has 32 heavy (non-hydrogen) atoms. The molecule has 7 heteroatoms. The second kappa shape index (κ2) is 9.26. The summed E-state index contributed by atoms with van der Waals surface area (Å²) in [6, 6.07) is 16.1. The van der Waals surface area contributed by atoms with Gasteiger partial charge in [0.15, 0.2) is 0 Å². The van der Waals surface area contributed by atoms with Crippen LogP contribution in [0.4, 0.5) is 14.5 Å². The summed E-state index contributed by atoms with van der Waals surface area (Å²) in [6.45, 7) is 2.52. The number of halogens is 2. The van der Waals surface area contributed by atoms with Crippen molar-refractivity contribution in [3.63, 3.8) is 0 Å². The Morgan fingerprint density at radius 1 is 0.938 bits per heavy atom. The van der Waals surface area contributed by atoms with Crippen LogP contribution in [-0.2, 0) is 0 Å². The van der Waals surface area contributed by atoms with E-state index in [1.807, 2.05) is 37.3 Å². The molecule has 3 aromatic rings. The summed E-state index contributed by atoms with van der Waals surface area (Å²) >= 11 is 0. The fourth-order valence-corrected chi connectivity index (χ4v) is 4.02. The lowest BCUT2D eigenvalue weighted by Gasteiger charge is -2.32. The molecule has 5 nitrogen and oxygen atoms in total. The summed E-state index contributed by atoms with van der Waals surface area (Å²) in [6.07, 6.45) is 1.09. The quantitative estimate of drug-likeness (QED) is 0.631. The van der Waals surface area contributed by atoms with E-state index in [0.29, 0.717) is 42.9 Å². The number of piperidine rings is 1. The van der Waals surface area contributed by atoms with E-state index in [-0.39, 0.29) is 11.8 Å². The first-order valence-corrected chi connectivity index (χ1v) is 10.5. The molecule has 1 fully saturated rings. The Balaban J connectivity index is 1.50. The van der Waals surface area contributed by atoms with E-state index in [1.54, 1.807) is 12.1 Å². The Labute approximate surface area is 185 Å². The third-order valence-corrected chi connectivity index (χ3v) is 5.69. The van der Waals surface area contributed by atoms with Gasteiger partial charge in [0.25, 0.3) is 11.8 Å². The maximum Gasteiger partial charge on any atom is 0.259 e. The van der Waals surface area contributed by atoms with Crippen LogP contribution in [0.25, 0.3) is 0 Å². The van der Waals surface area contributed by atoms with E-state index in [0.717, 1.165) is 17.8 Å². The molecule has 1 aromatic heterocycles. The molecular formula is C25H23F2N3O2. The fraction of sp³-hybridized carbons (Fsp3) is 0.240. The molecular weight excluding hydrogens is 412 g/mol. The number of aryl methyl sites for hydroxylation is 1. The van der Waals surface area contributed by atoms with Crippen molar-refractivity contribution < 1.29 is 18.4 Å². The first-order valence-electron chi connectivity index (χ1n) is 10.5. The van der Waals surface area contributed by atoms with Crippen molar-refractivity contribution in [2.45, 2.75) is 25.7 Å². The smallest absolute Gasteiger partial charge is 0.259 e. The topological polar surface area (TPSA) is 62.3 Å². The Kier molecular flexibility index (Phi) is 6.25. The molecule has 4 rings (SSSR count). The summed E-state index contributed by atoms with van der Waals surface area (Å²) in [5, 5.41) is 2.89. The highest BCUT2D eigenvalue weighted by molar-refractivity contribution is 6.05. The molecule has 0 unspecified atom stereocenters. The van der Waals surface area contributed by atoms with Gasteiger partial charge in [-0.15, -0.1) is 0 Å². The number of rotatable bonds is 4. The lowest BCUT2D eigenvalue weighted by atomic mass is 9.89. The highest BCUT2D eigenvalue weighted by Crippen LogP contribution is 2.31. The number of carbonyl (C=O) groups excluding carboxylic acids is 2. The van der Waals surface area contributed by atoms with Gasteiger partial charge in [-0.25, -0.2) is 8.78 Å². The third kappa shape index (κ3) is 4.51. The van der Waals surface area contributed by atoms with Gasteiger partial charge in [-0.1, -0.05) is 24.3 Å². The fourth-order valence-electron chi connectivity index (χ4n) is 4.02. The van der Waals surface area contributed by atoms with Gasteiger partial charge in [-0.3, -0.25) is 14.6 Å². The molecule has 1 saturated heterocycles. The van der Waals surface area contributed by atoms with Gasteiger partial charge in [0, 0.05) is 30.4 Å². The number of nitrogens with zero attached hydrogens (tertiary/aromatic N) is 2. The minimum Gasteiger partial charge on any atom is -0.338 e. The van der Waals surface area contributed by atoms with E-state index in [4.69, 9.17) is 0 Å². The summed E-state index contributed by atoms with van der Waals surface area (Å²) in [7, 11) is 0. The number of benzene rings is 2. The third-order valence-electron chi connectivity index (χ3n) is 5.69. The second-order valence-electron chi connectivity index (χ2n) is 7.87. The molecule has 1 aliphatic rings. The number of hydrogen-bond donors (Lipinski definition) is 1. The number of anilines is 1. The minimum absolute atomic E-state index is 0.0408. The van der Waals surface area contributed by atoms with E-state index in [9.17, 15) is 18.4 Å². The number of aromatic nitrogens is 1. The maximum atomic E-state index is 14.0. The van der Waals surface area contributed by atoms with Gasteiger partial charge in [0.05, 0.1) is 11.3 Å². The number of hydrogen-bond acceptors (Lipinski definition) is 3. The molecule has 0 spiro atoms. The largest absolute Gasteiger partial charge is 0.338 e. The molecule has 2 heterocycles. The molecule has 0 saturated carbocycles. The molecule has 2 aromatic carbocycles. The number of para-hydroxylation sites is 1. The number of amides is 2. The molecule has 0 atom stereocenters. The summed E-state index contributed by atoms with van der Waals surface area (Å²) in [4.78, 5) is 31.7. The van der Waals surface area contributed by atoms with E-state index in [2.05, 4.69) is 10.3 Å². The maximum absolute atomic E-state index is 14.0. The molecule has 0 aliphatic carbocycles. The van der Waals surface area contributed by atoms with Crippen LogP contribution in [0.3, 0.4) is 0 Å². The van der Waals surface area contributed by atoms with Crippen LogP contribution in [-0.4, -0.2) is 34.8 Å². The summed E-state index contributed by atoms with van der Waals surface area (Å²) in [5.74, 6) is -2.67. The van der Waals surface area contributed by atoms with Crippen LogP contribution in [0.1, 0.15) is 50.9 Å². The van der Waals surface area contributed by atoms with Gasteiger partial charge in [-0.2, -0.15) is 0 Å². The first kappa shape index (κ1) is 21.6. The molecule has 1 aliphatic heterocycles. The first-order chi connectivity index (χ1) is 15.4. The zero-order valence-electron chi connectivity index (χ0n) is 17.6. The Morgan fingerprint density at radius 3 is 2.25 bits per heavy atom. The lowest BCUT2D eigenvalue weighted by molar-refractivity contribution is 0.0701. The number of nitrogens with one attached hydrogen (secondary N) is 1. The van der Waals surface area contributed by atoms with Crippen LogP contribution in [0, 0.1) is 18.6 Å². The predicted molar refractivity (Wildman–Crippen MR) is 118 cm³/mol. The zero-order valence-corrected chi connectivity index (χ0v) is 17.6. The zero-order chi connectivity index (χ0) is 22.7. The van der Waals surface area contributed by atoms with E-state index >= 15 is 0 Å². The van der Waals surface area contributed by atoms with Crippen molar-refractivity contribution in [3.8, 4) is 0 Å². The lowest BCUT2D eigenvalue weighted by Crippen LogP contribution is -2.39. The minimum atomic E-state index is -0.864. The Morgan fingerprint density at radius 2 is 1.59 bits per heavy atom. The Bertz CT molecular complexity index is 1120.